The zero-order valence-corrected chi connectivity index (χ0v) is 18.0. The van der Waals surface area contributed by atoms with Crippen LogP contribution in [0.5, 0.6) is 0 Å². The molecule has 0 bridgehead atoms. The number of carbonyl (C=O) groups excluding carboxylic acids is 1. The first-order chi connectivity index (χ1) is 13.7. The first-order valence-electron chi connectivity index (χ1n) is 10.1. The fourth-order valence-corrected chi connectivity index (χ4v) is 5.04. The van der Waals surface area contributed by atoms with Gasteiger partial charge in [0.1, 0.15) is 5.69 Å². The van der Waals surface area contributed by atoms with Gasteiger partial charge in [-0.25, -0.2) is 8.42 Å². The van der Waals surface area contributed by atoms with Gasteiger partial charge in [-0.3, -0.25) is 9.89 Å². The van der Waals surface area contributed by atoms with Gasteiger partial charge < -0.3 is 4.90 Å². The van der Waals surface area contributed by atoms with E-state index in [0.717, 1.165) is 24.1 Å². The van der Waals surface area contributed by atoms with Crippen LogP contribution in [0.3, 0.4) is 0 Å². The highest BCUT2D eigenvalue weighted by Crippen LogP contribution is 2.39. The van der Waals surface area contributed by atoms with Crippen molar-refractivity contribution in [3.05, 3.63) is 47.3 Å². The summed E-state index contributed by atoms with van der Waals surface area (Å²) in [6, 6.07) is 8.94. The Kier molecular flexibility index (Phi) is 5.02. The molecule has 1 N–H and O–H groups in total. The van der Waals surface area contributed by atoms with E-state index in [-0.39, 0.29) is 24.4 Å². The van der Waals surface area contributed by atoms with Crippen molar-refractivity contribution in [1.29, 1.82) is 0 Å². The minimum Gasteiger partial charge on any atom is -0.335 e. The van der Waals surface area contributed by atoms with Crippen LogP contribution in [0, 0.1) is 0 Å². The van der Waals surface area contributed by atoms with E-state index in [2.05, 4.69) is 31.0 Å². The fourth-order valence-electron chi connectivity index (χ4n) is 3.62. The number of rotatable bonds is 4. The Hall–Kier alpha value is -2.19. The Labute approximate surface area is 172 Å². The molecule has 1 aromatic heterocycles. The number of aromatic amines is 1. The van der Waals surface area contributed by atoms with Crippen LogP contribution in [0.4, 0.5) is 0 Å². The third-order valence-electron chi connectivity index (χ3n) is 5.72. The molecule has 0 unspecified atom stereocenters. The van der Waals surface area contributed by atoms with Crippen LogP contribution in [0.25, 0.3) is 0 Å². The van der Waals surface area contributed by atoms with Gasteiger partial charge in [0.25, 0.3) is 5.91 Å². The van der Waals surface area contributed by atoms with Gasteiger partial charge in [0.05, 0.1) is 4.90 Å². The molecular formula is C21H28N4O3S. The summed E-state index contributed by atoms with van der Waals surface area (Å²) in [6.45, 7) is 7.59. The summed E-state index contributed by atoms with van der Waals surface area (Å²) >= 11 is 0. The van der Waals surface area contributed by atoms with Crippen LogP contribution in [0.15, 0.2) is 35.2 Å². The number of H-pyrrole nitrogens is 1. The van der Waals surface area contributed by atoms with Crippen LogP contribution < -0.4 is 0 Å². The average Bonchev–Trinajstić information content (AvgIpc) is 3.44. The van der Waals surface area contributed by atoms with Gasteiger partial charge in [0, 0.05) is 37.8 Å². The molecule has 2 aromatic rings. The lowest BCUT2D eigenvalue weighted by Crippen LogP contribution is -2.50. The monoisotopic (exact) mass is 416 g/mol. The molecule has 0 radical (unpaired) electrons. The van der Waals surface area contributed by atoms with Crippen molar-refractivity contribution in [3.8, 4) is 0 Å². The third-order valence-corrected chi connectivity index (χ3v) is 7.63. The van der Waals surface area contributed by atoms with E-state index in [0.29, 0.717) is 29.6 Å². The molecule has 1 amide bonds. The van der Waals surface area contributed by atoms with E-state index in [1.54, 1.807) is 17.0 Å². The number of nitrogens with zero attached hydrogens (tertiary/aromatic N) is 3. The predicted molar refractivity (Wildman–Crippen MR) is 110 cm³/mol. The maximum Gasteiger partial charge on any atom is 0.274 e. The number of hydrogen-bond donors (Lipinski definition) is 1. The number of nitrogens with one attached hydrogen (secondary N) is 1. The van der Waals surface area contributed by atoms with E-state index in [1.165, 1.54) is 4.31 Å². The second-order valence-corrected chi connectivity index (χ2v) is 10.9. The van der Waals surface area contributed by atoms with E-state index in [9.17, 15) is 13.2 Å². The maximum atomic E-state index is 13.0. The summed E-state index contributed by atoms with van der Waals surface area (Å²) in [7, 11) is -3.56. The maximum absolute atomic E-state index is 13.0. The predicted octanol–water partition coefficient (Wildman–Crippen LogP) is 2.73. The number of aromatic nitrogens is 2. The number of piperazine rings is 1. The van der Waals surface area contributed by atoms with Crippen molar-refractivity contribution >= 4 is 15.9 Å². The lowest BCUT2D eigenvalue weighted by atomic mass is 9.87. The first-order valence-corrected chi connectivity index (χ1v) is 11.6. The summed E-state index contributed by atoms with van der Waals surface area (Å²) in [5.74, 6) is 0.371. The van der Waals surface area contributed by atoms with Gasteiger partial charge in [-0.1, -0.05) is 32.9 Å². The molecule has 1 aliphatic carbocycles. The van der Waals surface area contributed by atoms with E-state index in [1.807, 2.05) is 18.2 Å². The standard InChI is InChI=1S/C21H28N4O3S/c1-21(2,3)16-6-8-17(9-7-16)29(27,28)25-12-10-24(11-13-25)20(26)19-14-18(22-23-19)15-4-5-15/h6-9,14-15H,4-5,10-13H2,1-3H3,(H,22,23). The fraction of sp³-hybridized carbons (Fsp3) is 0.524. The lowest BCUT2D eigenvalue weighted by molar-refractivity contribution is 0.0692. The molecule has 4 rings (SSSR count). The highest BCUT2D eigenvalue weighted by molar-refractivity contribution is 7.89. The highest BCUT2D eigenvalue weighted by Gasteiger charge is 2.32. The molecule has 156 valence electrons. The molecule has 29 heavy (non-hydrogen) atoms. The van der Waals surface area contributed by atoms with Crippen LogP contribution in [0.1, 0.15) is 61.3 Å². The number of amides is 1. The zero-order chi connectivity index (χ0) is 20.8. The number of carbonyl (C=O) groups is 1. The quantitative estimate of drug-likeness (QED) is 0.830. The van der Waals surface area contributed by atoms with Crippen molar-refractivity contribution in [3.63, 3.8) is 0 Å². The Bertz CT molecular complexity index is 993. The molecule has 8 heteroatoms. The summed E-state index contributed by atoms with van der Waals surface area (Å²) in [5, 5.41) is 7.10. The number of benzene rings is 1. The van der Waals surface area contributed by atoms with Crippen LogP contribution in [0.2, 0.25) is 0 Å². The molecule has 2 fully saturated rings. The Morgan fingerprint density at radius 1 is 1.07 bits per heavy atom. The van der Waals surface area contributed by atoms with Gasteiger partial charge in [-0.15, -0.1) is 0 Å². The SMILES string of the molecule is CC(C)(C)c1ccc(S(=O)(=O)N2CCN(C(=O)c3cc(C4CC4)[nH]n3)CC2)cc1. The van der Waals surface area contributed by atoms with Crippen LogP contribution >= 0.6 is 0 Å². The van der Waals surface area contributed by atoms with Crippen molar-refractivity contribution in [2.45, 2.75) is 49.8 Å². The Morgan fingerprint density at radius 2 is 1.69 bits per heavy atom. The van der Waals surface area contributed by atoms with E-state index in [4.69, 9.17) is 0 Å². The average molecular weight is 417 g/mol. The highest BCUT2D eigenvalue weighted by atomic mass is 32.2. The van der Waals surface area contributed by atoms with Gasteiger partial charge in [-0.05, 0) is 42.0 Å². The summed E-state index contributed by atoms with van der Waals surface area (Å²) in [5.41, 5.74) is 2.51. The number of hydrogen-bond acceptors (Lipinski definition) is 4. The molecule has 2 heterocycles. The minimum atomic E-state index is -3.56. The van der Waals surface area contributed by atoms with Crippen molar-refractivity contribution in [2.24, 2.45) is 0 Å². The van der Waals surface area contributed by atoms with E-state index >= 15 is 0 Å². The Morgan fingerprint density at radius 3 is 2.24 bits per heavy atom. The molecule has 0 atom stereocenters. The van der Waals surface area contributed by atoms with Gasteiger partial charge in [0.2, 0.25) is 10.0 Å². The van der Waals surface area contributed by atoms with Crippen molar-refractivity contribution < 1.29 is 13.2 Å². The van der Waals surface area contributed by atoms with Crippen LogP contribution in [-0.4, -0.2) is 59.9 Å². The molecule has 1 saturated carbocycles. The molecular weight excluding hydrogens is 388 g/mol. The van der Waals surface area contributed by atoms with Crippen molar-refractivity contribution in [2.75, 3.05) is 26.2 Å². The van der Waals surface area contributed by atoms with Gasteiger partial charge >= 0.3 is 0 Å². The normalized spacial score (nSPS) is 18.8. The van der Waals surface area contributed by atoms with Gasteiger partial charge in [-0.2, -0.15) is 9.40 Å². The van der Waals surface area contributed by atoms with Gasteiger partial charge in [0.15, 0.2) is 0 Å². The third kappa shape index (κ3) is 4.09. The molecule has 7 nitrogen and oxygen atoms in total. The summed E-state index contributed by atoms with van der Waals surface area (Å²) in [6.07, 6.45) is 2.28. The van der Waals surface area contributed by atoms with Crippen molar-refractivity contribution in [1.82, 2.24) is 19.4 Å². The smallest absolute Gasteiger partial charge is 0.274 e. The second kappa shape index (κ2) is 7.25. The Balaban J connectivity index is 1.40. The first kappa shape index (κ1) is 20.1. The minimum absolute atomic E-state index is 0.0279. The topological polar surface area (TPSA) is 86.4 Å². The molecule has 1 saturated heterocycles. The molecule has 0 spiro atoms. The van der Waals surface area contributed by atoms with E-state index < -0.39 is 10.0 Å². The zero-order valence-electron chi connectivity index (χ0n) is 17.2. The lowest BCUT2D eigenvalue weighted by Gasteiger charge is -2.33. The largest absolute Gasteiger partial charge is 0.335 e. The molecule has 1 aromatic carbocycles. The summed E-state index contributed by atoms with van der Waals surface area (Å²) < 4.78 is 27.4. The summed E-state index contributed by atoms with van der Waals surface area (Å²) in [4.78, 5) is 14.7. The van der Waals surface area contributed by atoms with Crippen LogP contribution in [-0.2, 0) is 15.4 Å². The number of sulfonamides is 1. The second-order valence-electron chi connectivity index (χ2n) is 8.95. The molecule has 1 aliphatic heterocycles. The molecule has 2 aliphatic rings.